The zero-order valence-corrected chi connectivity index (χ0v) is 27.3. The van der Waals surface area contributed by atoms with E-state index in [1.807, 2.05) is 84.4 Å². The molecule has 10 rings (SSSR count). The summed E-state index contributed by atoms with van der Waals surface area (Å²) in [6.45, 7) is 4.06. The van der Waals surface area contributed by atoms with Crippen molar-refractivity contribution in [1.29, 1.82) is 0 Å². The molecule has 0 amide bonds. The molecule has 2 aliphatic heterocycles. The summed E-state index contributed by atoms with van der Waals surface area (Å²) in [7, 11) is 0. The Labute approximate surface area is 290 Å². The fraction of sp³-hybridized carbons (Fsp3) is 0.0789. The van der Waals surface area contributed by atoms with Crippen molar-refractivity contribution in [3.63, 3.8) is 0 Å². The van der Waals surface area contributed by atoms with Crippen LogP contribution in [0.15, 0.2) is 90.5 Å². The van der Waals surface area contributed by atoms with E-state index in [0.29, 0.717) is 52.3 Å². The van der Waals surface area contributed by atoms with E-state index in [0.717, 1.165) is 61.1 Å². The van der Waals surface area contributed by atoms with E-state index < -0.39 is 0 Å². The molecule has 1 aliphatic carbocycles. The summed E-state index contributed by atoms with van der Waals surface area (Å²) >= 11 is 0. The van der Waals surface area contributed by atoms with Crippen LogP contribution in [0.1, 0.15) is 22.5 Å². The first-order valence-corrected chi connectivity index (χ1v) is 15.8. The number of nitrogens with one attached hydrogen (secondary N) is 2. The van der Waals surface area contributed by atoms with Gasteiger partial charge in [-0.1, -0.05) is 84.9 Å². The zero-order valence-electron chi connectivity index (χ0n) is 26.3. The molecule has 4 aromatic heterocycles. The number of benzene rings is 3. The molecule has 3 aromatic carbocycles. The molecule has 0 saturated carbocycles. The SMILES string of the molecule is Cc1cc(C)n(C=C2C=Cc3c(c4nc5nc(nc6[nH]c(nc7nc(nc3[nH]4)-c3ccccc3-7)c3ccccc63)-c3ccccc3-5)C2)n1.[Cu]. The summed E-state index contributed by atoms with van der Waals surface area (Å²) in [5.41, 5.74) is 11.6. The minimum absolute atomic E-state index is 0. The molecule has 0 fully saturated rings. The summed E-state index contributed by atoms with van der Waals surface area (Å²) in [6, 6.07) is 26.3. The van der Waals surface area contributed by atoms with Crippen molar-refractivity contribution < 1.29 is 17.1 Å². The average Bonchev–Trinajstić information content (AvgIpc) is 3.89. The van der Waals surface area contributed by atoms with E-state index in [1.165, 1.54) is 0 Å². The second kappa shape index (κ2) is 11.0. The van der Waals surface area contributed by atoms with Crippen molar-refractivity contribution in [1.82, 2.24) is 49.7 Å². The molecule has 10 nitrogen and oxygen atoms in total. The van der Waals surface area contributed by atoms with Gasteiger partial charge in [-0.25, -0.2) is 34.6 Å². The largest absolute Gasteiger partial charge is 0.324 e. The smallest absolute Gasteiger partial charge is 0.164 e. The Morgan fingerprint density at radius 3 is 1.61 bits per heavy atom. The molecule has 3 aliphatic rings. The first kappa shape index (κ1) is 29.1. The number of nitrogens with zero attached hydrogens (tertiary/aromatic N) is 8. The van der Waals surface area contributed by atoms with Crippen LogP contribution in [0.2, 0.25) is 0 Å². The van der Waals surface area contributed by atoms with E-state index in [4.69, 9.17) is 29.9 Å². The maximum Gasteiger partial charge on any atom is 0.164 e. The van der Waals surface area contributed by atoms with Crippen LogP contribution in [0.25, 0.3) is 91.2 Å². The number of rotatable bonds is 1. The van der Waals surface area contributed by atoms with E-state index in [2.05, 4.69) is 46.4 Å². The van der Waals surface area contributed by atoms with E-state index in [9.17, 15) is 0 Å². The standard InChI is InChI=1S/C38H26N10.Cu/c1-20-17-21(2)48(47-20)19-22-15-16-29-30(18-22)38-45-36-28-14-8-7-13-27(28)34(43-36)41-32-24-10-4-3-9-23(24)31(39-32)40-33-25-11-5-6-12-26(25)35(42-33)44-37(29)46-38;/h3-17,19H,18H2,1-2H3,(H2,39,40,41,42,43,44,45,46);. The van der Waals surface area contributed by atoms with E-state index >= 15 is 0 Å². The van der Waals surface area contributed by atoms with Crippen molar-refractivity contribution >= 4 is 45.6 Å². The number of hydrogen-bond acceptors (Lipinski definition) is 7. The van der Waals surface area contributed by atoms with Gasteiger partial charge < -0.3 is 9.97 Å². The van der Waals surface area contributed by atoms with Gasteiger partial charge in [0.2, 0.25) is 0 Å². The van der Waals surface area contributed by atoms with Crippen LogP contribution in [0.4, 0.5) is 0 Å². The molecule has 6 heterocycles. The monoisotopic (exact) mass is 685 g/mol. The fourth-order valence-electron chi connectivity index (χ4n) is 6.81. The van der Waals surface area contributed by atoms with Crippen LogP contribution in [0, 0.1) is 13.8 Å². The third-order valence-corrected chi connectivity index (χ3v) is 9.07. The summed E-state index contributed by atoms with van der Waals surface area (Å²) in [6.07, 6.45) is 6.93. The average molecular weight is 686 g/mol. The number of hydrogen-bond donors (Lipinski definition) is 2. The third kappa shape index (κ3) is 4.66. The summed E-state index contributed by atoms with van der Waals surface area (Å²) < 4.78 is 1.93. The number of aromatic nitrogens is 10. The van der Waals surface area contributed by atoms with Gasteiger partial charge >= 0.3 is 0 Å². The molecule has 0 atom stereocenters. The number of allylic oxidation sites excluding steroid dienone is 2. The van der Waals surface area contributed by atoms with Gasteiger partial charge in [-0.2, -0.15) is 5.10 Å². The summed E-state index contributed by atoms with van der Waals surface area (Å²) in [5.74, 6) is 2.35. The maximum atomic E-state index is 5.18. The molecule has 0 saturated heterocycles. The second-order valence-electron chi connectivity index (χ2n) is 12.2. The van der Waals surface area contributed by atoms with Gasteiger partial charge in [0, 0.05) is 79.5 Å². The first-order valence-electron chi connectivity index (χ1n) is 15.8. The molecule has 49 heavy (non-hydrogen) atoms. The molecule has 1 radical (unpaired) electrons. The molecule has 2 N–H and O–H groups in total. The van der Waals surface area contributed by atoms with Gasteiger partial charge in [0.05, 0.1) is 5.69 Å². The minimum atomic E-state index is 0. The molecule has 11 heteroatoms. The van der Waals surface area contributed by atoms with Gasteiger partial charge in [-0.15, -0.1) is 0 Å². The normalized spacial score (nSPS) is 13.6. The number of fused-ring (bicyclic) bond motifs is 20. The molecule has 7 aromatic rings. The van der Waals surface area contributed by atoms with Gasteiger partial charge in [0.25, 0.3) is 0 Å². The molecule has 0 spiro atoms. The molecule has 239 valence electrons. The number of H-pyrrole nitrogens is 2. The van der Waals surface area contributed by atoms with Gasteiger partial charge in [-0.05, 0) is 25.5 Å². The van der Waals surface area contributed by atoms with Gasteiger partial charge in [-0.3, -0.25) is 0 Å². The van der Waals surface area contributed by atoms with Crippen molar-refractivity contribution in [2.75, 3.05) is 0 Å². The topological polar surface area (TPSA) is 127 Å². The van der Waals surface area contributed by atoms with Crippen LogP contribution in [-0.2, 0) is 23.5 Å². The molecule has 8 bridgehead atoms. The van der Waals surface area contributed by atoms with Crippen LogP contribution in [0.3, 0.4) is 0 Å². The quantitative estimate of drug-likeness (QED) is 0.170. The molecule has 0 unspecified atom stereocenters. The van der Waals surface area contributed by atoms with Gasteiger partial charge in [0.1, 0.15) is 22.6 Å². The zero-order chi connectivity index (χ0) is 31.9. The van der Waals surface area contributed by atoms with Gasteiger partial charge in [0.15, 0.2) is 23.3 Å². The Morgan fingerprint density at radius 1 is 0.592 bits per heavy atom. The fourth-order valence-corrected chi connectivity index (χ4v) is 6.81. The maximum absolute atomic E-state index is 5.18. The van der Waals surface area contributed by atoms with Crippen LogP contribution < -0.4 is 0 Å². The number of aromatic amines is 2. The number of aryl methyl sites for hydroxylation is 2. The Hall–Kier alpha value is -6.03. The predicted octanol–water partition coefficient (Wildman–Crippen LogP) is 7.64. The van der Waals surface area contributed by atoms with E-state index in [-0.39, 0.29) is 17.1 Å². The Morgan fingerprint density at radius 2 is 1.08 bits per heavy atom. The van der Waals surface area contributed by atoms with Crippen LogP contribution in [0.5, 0.6) is 0 Å². The Balaban J connectivity index is 0.00000325. The van der Waals surface area contributed by atoms with E-state index in [1.54, 1.807) is 0 Å². The Bertz CT molecular complexity index is 2750. The van der Waals surface area contributed by atoms with Crippen molar-refractivity contribution in [3.8, 4) is 45.6 Å². The van der Waals surface area contributed by atoms with Crippen molar-refractivity contribution in [2.45, 2.75) is 20.3 Å². The first-order chi connectivity index (χ1) is 23.6. The molecular formula is C38H26CuN10. The predicted molar refractivity (Wildman–Crippen MR) is 187 cm³/mol. The second-order valence-corrected chi connectivity index (χ2v) is 12.2. The summed E-state index contributed by atoms with van der Waals surface area (Å²) in [4.78, 5) is 37.5. The Kier molecular flexibility index (Phi) is 6.55. The van der Waals surface area contributed by atoms with Crippen LogP contribution in [-0.4, -0.2) is 49.7 Å². The third-order valence-electron chi connectivity index (χ3n) is 9.07. The minimum Gasteiger partial charge on any atom is -0.324 e. The summed E-state index contributed by atoms with van der Waals surface area (Å²) in [5, 5.41) is 6.55. The molecular weight excluding hydrogens is 660 g/mol. The van der Waals surface area contributed by atoms with Crippen molar-refractivity contribution in [2.24, 2.45) is 0 Å². The van der Waals surface area contributed by atoms with Crippen molar-refractivity contribution in [3.05, 3.63) is 113 Å². The van der Waals surface area contributed by atoms with Crippen LogP contribution >= 0.6 is 0 Å².